The summed E-state index contributed by atoms with van der Waals surface area (Å²) in [5.41, 5.74) is 3.02. The quantitative estimate of drug-likeness (QED) is 0.619. The van der Waals surface area contributed by atoms with Crippen molar-refractivity contribution in [2.45, 2.75) is 44.7 Å². The van der Waals surface area contributed by atoms with Gasteiger partial charge in [0.05, 0.1) is 11.6 Å². The molecular weight excluding hydrogens is 269 g/mol. The lowest BCUT2D eigenvalue weighted by Gasteiger charge is -2.31. The molecule has 1 saturated carbocycles. The molecule has 1 aromatic carbocycles. The fraction of sp³-hybridized carbons (Fsp3) is 0.500. The third-order valence-corrected chi connectivity index (χ3v) is 5.47. The molecule has 1 heterocycles. The molecule has 1 saturated heterocycles. The molecule has 4 heteroatoms. The van der Waals surface area contributed by atoms with Gasteiger partial charge in [-0.25, -0.2) is 0 Å². The molecule has 0 aromatic heterocycles. The van der Waals surface area contributed by atoms with Crippen LogP contribution in [0.3, 0.4) is 0 Å². The van der Waals surface area contributed by atoms with Gasteiger partial charge in [0.15, 0.2) is 0 Å². The zero-order valence-corrected chi connectivity index (χ0v) is 13.8. The molecule has 3 rings (SSSR count). The second-order valence-electron chi connectivity index (χ2n) is 6.66. The maximum Gasteiger partial charge on any atom is 0.343 e. The topological polar surface area (TPSA) is 30.3 Å². The van der Waals surface area contributed by atoms with Gasteiger partial charge in [0, 0.05) is 12.1 Å². The zero-order chi connectivity index (χ0) is 15.7. The molecule has 2 atom stereocenters. The Morgan fingerprint density at radius 1 is 1.09 bits per heavy atom. The van der Waals surface area contributed by atoms with E-state index >= 15 is 0 Å². The van der Waals surface area contributed by atoms with Crippen molar-refractivity contribution in [3.8, 4) is 6.07 Å². The minimum Gasteiger partial charge on any atom is -0.323 e. The van der Waals surface area contributed by atoms with Gasteiger partial charge in [-0.3, -0.25) is 0 Å². The van der Waals surface area contributed by atoms with Gasteiger partial charge in [-0.2, -0.15) is 5.26 Å². The van der Waals surface area contributed by atoms with Crippen LogP contribution in [0, 0.1) is 11.3 Å². The summed E-state index contributed by atoms with van der Waals surface area (Å²) in [6.45, 7) is 2.36. The summed E-state index contributed by atoms with van der Waals surface area (Å²) in [6.07, 6.45) is 5.22. The average molecular weight is 293 g/mol. The summed E-state index contributed by atoms with van der Waals surface area (Å²) in [6, 6.07) is 13.8. The Labute approximate surface area is 134 Å². The number of likely N-dealkylation sites (N-methyl/N-ethyl adjacent to an activating group) is 2. The molecular formula is C18H24BN3. The third-order valence-electron chi connectivity index (χ3n) is 5.47. The average Bonchev–Trinajstić information content (AvgIpc) is 2.81. The SMILES string of the molecule is C/C(B1N(C)C2CCCCC2N1C)=C(/C#N)c1ccccc1. The van der Waals surface area contributed by atoms with E-state index in [2.05, 4.69) is 36.7 Å². The Bertz CT molecular complexity index is 587. The number of benzene rings is 1. The molecule has 0 bridgehead atoms. The molecule has 0 radical (unpaired) electrons. The smallest absolute Gasteiger partial charge is 0.323 e. The summed E-state index contributed by atoms with van der Waals surface area (Å²) >= 11 is 0. The van der Waals surface area contributed by atoms with E-state index in [1.807, 2.05) is 30.3 Å². The van der Waals surface area contributed by atoms with Crippen LogP contribution in [-0.2, 0) is 0 Å². The van der Waals surface area contributed by atoms with Gasteiger partial charge in [0.2, 0.25) is 0 Å². The van der Waals surface area contributed by atoms with Crippen molar-refractivity contribution in [1.82, 2.24) is 9.62 Å². The minimum atomic E-state index is 0.239. The molecule has 1 aliphatic carbocycles. The van der Waals surface area contributed by atoms with E-state index in [1.165, 1.54) is 31.2 Å². The molecule has 22 heavy (non-hydrogen) atoms. The fourth-order valence-corrected chi connectivity index (χ4v) is 4.42. The molecule has 2 fully saturated rings. The highest BCUT2D eigenvalue weighted by Crippen LogP contribution is 2.36. The first-order valence-corrected chi connectivity index (χ1v) is 8.25. The van der Waals surface area contributed by atoms with Crippen molar-refractivity contribution in [1.29, 1.82) is 5.26 Å². The van der Waals surface area contributed by atoms with Gasteiger partial charge < -0.3 is 9.62 Å². The van der Waals surface area contributed by atoms with Crippen LogP contribution in [0.15, 0.2) is 35.8 Å². The van der Waals surface area contributed by atoms with Crippen LogP contribution in [0.1, 0.15) is 38.2 Å². The Morgan fingerprint density at radius 3 is 2.14 bits per heavy atom. The van der Waals surface area contributed by atoms with Gasteiger partial charge in [-0.15, -0.1) is 0 Å². The lowest BCUT2D eigenvalue weighted by molar-refractivity contribution is 0.233. The number of fused-ring (bicyclic) bond motifs is 1. The molecule has 0 N–H and O–H groups in total. The van der Waals surface area contributed by atoms with E-state index in [0.29, 0.717) is 12.1 Å². The first-order valence-electron chi connectivity index (χ1n) is 8.25. The molecule has 114 valence electrons. The standard InChI is InChI=1S/C18H24BN3/c1-14(16(13-20)15-9-5-4-6-10-15)19-21(2)17-11-7-8-12-18(17)22(19)3/h4-6,9-10,17-18H,7-8,11-12H2,1-3H3/b16-14+. The maximum atomic E-state index is 9.70. The van der Waals surface area contributed by atoms with Crippen LogP contribution < -0.4 is 0 Å². The third kappa shape index (κ3) is 2.49. The Kier molecular flexibility index (Phi) is 4.38. The Morgan fingerprint density at radius 2 is 1.64 bits per heavy atom. The molecule has 0 amide bonds. The largest absolute Gasteiger partial charge is 0.343 e. The van der Waals surface area contributed by atoms with Crippen LogP contribution in [0.25, 0.3) is 5.57 Å². The summed E-state index contributed by atoms with van der Waals surface area (Å²) in [5, 5.41) is 9.70. The van der Waals surface area contributed by atoms with Gasteiger partial charge in [-0.1, -0.05) is 48.6 Å². The molecule has 2 unspecified atom stereocenters. The number of hydrogen-bond acceptors (Lipinski definition) is 3. The lowest BCUT2D eigenvalue weighted by atomic mass is 9.63. The molecule has 2 aliphatic rings. The van der Waals surface area contributed by atoms with Gasteiger partial charge in [-0.05, 0) is 39.4 Å². The number of allylic oxidation sites excluding steroid dienone is 2. The van der Waals surface area contributed by atoms with Crippen LogP contribution >= 0.6 is 0 Å². The maximum absolute atomic E-state index is 9.70. The number of rotatable bonds is 2. The van der Waals surface area contributed by atoms with Gasteiger partial charge in [0.25, 0.3) is 0 Å². The second kappa shape index (κ2) is 6.28. The first-order chi connectivity index (χ1) is 10.6. The van der Waals surface area contributed by atoms with E-state index < -0.39 is 0 Å². The highest BCUT2D eigenvalue weighted by molar-refractivity contribution is 6.63. The Hall–Kier alpha value is -1.57. The molecule has 0 spiro atoms. The van der Waals surface area contributed by atoms with Crippen molar-refractivity contribution in [2.75, 3.05) is 14.1 Å². The van der Waals surface area contributed by atoms with Crippen molar-refractivity contribution in [3.05, 3.63) is 41.4 Å². The molecule has 1 aliphatic heterocycles. The molecule has 1 aromatic rings. The van der Waals surface area contributed by atoms with Crippen molar-refractivity contribution in [3.63, 3.8) is 0 Å². The predicted molar refractivity (Wildman–Crippen MR) is 92.0 cm³/mol. The van der Waals surface area contributed by atoms with Crippen LogP contribution in [0.2, 0.25) is 0 Å². The van der Waals surface area contributed by atoms with E-state index in [-0.39, 0.29) is 6.98 Å². The second-order valence-corrected chi connectivity index (χ2v) is 6.66. The van der Waals surface area contributed by atoms with E-state index in [0.717, 1.165) is 11.1 Å². The van der Waals surface area contributed by atoms with E-state index in [1.54, 1.807) is 0 Å². The summed E-state index contributed by atoms with van der Waals surface area (Å²) in [7, 11) is 4.45. The normalized spacial score (nSPS) is 27.3. The lowest BCUT2D eigenvalue weighted by Crippen LogP contribution is -2.43. The summed E-state index contributed by atoms with van der Waals surface area (Å²) < 4.78 is 0. The van der Waals surface area contributed by atoms with E-state index in [4.69, 9.17) is 0 Å². The first kappa shape index (κ1) is 15.3. The van der Waals surface area contributed by atoms with Gasteiger partial charge in [0.1, 0.15) is 0 Å². The monoisotopic (exact) mass is 293 g/mol. The predicted octanol–water partition coefficient (Wildman–Crippen LogP) is 3.20. The van der Waals surface area contributed by atoms with Crippen LogP contribution in [-0.4, -0.2) is 42.8 Å². The highest BCUT2D eigenvalue weighted by Gasteiger charge is 2.47. The summed E-state index contributed by atoms with van der Waals surface area (Å²) in [4.78, 5) is 4.97. The molecule has 3 nitrogen and oxygen atoms in total. The van der Waals surface area contributed by atoms with Crippen molar-refractivity contribution >= 4 is 12.6 Å². The fourth-order valence-electron chi connectivity index (χ4n) is 4.42. The number of nitrogens with zero attached hydrogens (tertiary/aromatic N) is 3. The van der Waals surface area contributed by atoms with E-state index in [9.17, 15) is 5.26 Å². The van der Waals surface area contributed by atoms with Gasteiger partial charge >= 0.3 is 6.98 Å². The van der Waals surface area contributed by atoms with Crippen molar-refractivity contribution in [2.24, 2.45) is 0 Å². The minimum absolute atomic E-state index is 0.239. The number of hydrogen-bond donors (Lipinski definition) is 0. The number of nitriles is 1. The van der Waals surface area contributed by atoms with Crippen molar-refractivity contribution < 1.29 is 0 Å². The summed E-state index contributed by atoms with van der Waals surface area (Å²) in [5.74, 6) is 0. The van der Waals surface area contributed by atoms with Crippen LogP contribution in [0.4, 0.5) is 0 Å². The highest BCUT2D eigenvalue weighted by atomic mass is 15.3. The zero-order valence-electron chi connectivity index (χ0n) is 13.8. The van der Waals surface area contributed by atoms with Crippen LogP contribution in [0.5, 0.6) is 0 Å². The Balaban J connectivity index is 1.98.